The Morgan fingerprint density at radius 1 is 1.08 bits per heavy atom. The first kappa shape index (κ1) is 19.0. The Labute approximate surface area is 154 Å². The number of aromatic nitrogens is 1. The number of imide groups is 1. The van der Waals surface area contributed by atoms with Crippen LogP contribution in [-0.2, 0) is 9.59 Å². The molecule has 0 bridgehead atoms. The molecule has 3 unspecified atom stereocenters. The van der Waals surface area contributed by atoms with E-state index in [2.05, 4.69) is 5.32 Å². The lowest BCUT2D eigenvalue weighted by molar-refractivity contribution is -0.713. The molecule has 1 fully saturated rings. The molecule has 1 aliphatic heterocycles. The highest BCUT2D eigenvalue weighted by atomic mass is 35.5. The number of benzene rings is 1. The van der Waals surface area contributed by atoms with Crippen molar-refractivity contribution in [2.75, 3.05) is 0 Å². The molecular formula is C17H13ClN4O4. The molecule has 26 heavy (non-hydrogen) atoms. The van der Waals surface area contributed by atoms with E-state index in [0.29, 0.717) is 5.56 Å². The van der Waals surface area contributed by atoms with Gasteiger partial charge in [0.2, 0.25) is 11.9 Å². The van der Waals surface area contributed by atoms with Crippen molar-refractivity contribution in [3.05, 3.63) is 70.5 Å². The van der Waals surface area contributed by atoms with Crippen molar-refractivity contribution in [2.45, 2.75) is 12.0 Å². The van der Waals surface area contributed by atoms with Crippen molar-refractivity contribution in [1.29, 1.82) is 5.26 Å². The van der Waals surface area contributed by atoms with Gasteiger partial charge in [-0.2, -0.15) is 9.83 Å². The van der Waals surface area contributed by atoms with Crippen molar-refractivity contribution >= 4 is 17.5 Å². The second-order valence-electron chi connectivity index (χ2n) is 5.60. The molecule has 1 saturated heterocycles. The van der Waals surface area contributed by atoms with E-state index in [4.69, 9.17) is 0 Å². The van der Waals surface area contributed by atoms with Crippen LogP contribution in [0, 0.1) is 27.4 Å². The van der Waals surface area contributed by atoms with Gasteiger partial charge in [-0.05, 0) is 5.56 Å². The fourth-order valence-electron chi connectivity index (χ4n) is 3.03. The molecule has 0 spiro atoms. The van der Waals surface area contributed by atoms with E-state index in [1.807, 2.05) is 6.07 Å². The van der Waals surface area contributed by atoms with E-state index in [9.17, 15) is 25.0 Å². The van der Waals surface area contributed by atoms with Gasteiger partial charge in [0.05, 0.1) is 16.9 Å². The summed E-state index contributed by atoms with van der Waals surface area (Å²) in [4.78, 5) is 34.9. The molecule has 0 aliphatic carbocycles. The summed E-state index contributed by atoms with van der Waals surface area (Å²) in [5.41, 5.74) is 0.412. The number of nitro benzene ring substituents is 1. The lowest BCUT2D eigenvalue weighted by Gasteiger charge is -2.29. The summed E-state index contributed by atoms with van der Waals surface area (Å²) < 4.78 is 1.62. The topological polar surface area (TPSA) is 117 Å². The van der Waals surface area contributed by atoms with E-state index >= 15 is 0 Å². The molecule has 2 heterocycles. The van der Waals surface area contributed by atoms with Crippen molar-refractivity contribution in [3.8, 4) is 6.07 Å². The molecule has 0 saturated carbocycles. The first-order chi connectivity index (χ1) is 12.0. The van der Waals surface area contributed by atoms with Crippen LogP contribution in [0.4, 0.5) is 5.69 Å². The summed E-state index contributed by atoms with van der Waals surface area (Å²) in [7, 11) is 0. The number of pyridine rings is 1. The van der Waals surface area contributed by atoms with Crippen molar-refractivity contribution in [3.63, 3.8) is 0 Å². The number of nitro groups is 1. The van der Waals surface area contributed by atoms with Crippen LogP contribution in [0.15, 0.2) is 54.9 Å². The van der Waals surface area contributed by atoms with Gasteiger partial charge in [0.15, 0.2) is 12.4 Å². The van der Waals surface area contributed by atoms with Gasteiger partial charge in [-0.15, -0.1) is 0 Å². The van der Waals surface area contributed by atoms with Crippen LogP contribution in [0.25, 0.3) is 0 Å². The van der Waals surface area contributed by atoms with Crippen LogP contribution in [0.3, 0.4) is 0 Å². The number of nitrogens with zero attached hydrogens (tertiary/aromatic N) is 3. The van der Waals surface area contributed by atoms with Gasteiger partial charge < -0.3 is 12.4 Å². The Morgan fingerprint density at radius 2 is 1.69 bits per heavy atom. The molecule has 8 nitrogen and oxygen atoms in total. The van der Waals surface area contributed by atoms with Crippen molar-refractivity contribution < 1.29 is 31.5 Å². The maximum atomic E-state index is 12.5. The predicted molar refractivity (Wildman–Crippen MR) is 83.8 cm³/mol. The Bertz CT molecular complexity index is 880. The van der Waals surface area contributed by atoms with Crippen LogP contribution >= 0.6 is 0 Å². The molecule has 1 aromatic carbocycles. The third kappa shape index (κ3) is 3.38. The number of hydrogen-bond acceptors (Lipinski definition) is 5. The van der Waals surface area contributed by atoms with Crippen molar-refractivity contribution in [1.82, 2.24) is 5.32 Å². The van der Waals surface area contributed by atoms with Gasteiger partial charge in [0, 0.05) is 24.3 Å². The quantitative estimate of drug-likeness (QED) is 0.290. The summed E-state index contributed by atoms with van der Waals surface area (Å²) in [6, 6.07) is 11.9. The highest BCUT2D eigenvalue weighted by Crippen LogP contribution is 2.36. The number of amides is 2. The first-order valence-corrected chi connectivity index (χ1v) is 7.47. The molecule has 132 valence electrons. The number of halogens is 1. The molecular weight excluding hydrogens is 360 g/mol. The van der Waals surface area contributed by atoms with Gasteiger partial charge in [-0.1, -0.05) is 18.2 Å². The fourth-order valence-corrected chi connectivity index (χ4v) is 3.03. The minimum atomic E-state index is -1.09. The zero-order valence-corrected chi connectivity index (χ0v) is 14.0. The highest BCUT2D eigenvalue weighted by Gasteiger charge is 2.50. The molecule has 3 rings (SSSR count). The maximum Gasteiger partial charge on any atom is 0.296 e. The second-order valence-corrected chi connectivity index (χ2v) is 5.60. The summed E-state index contributed by atoms with van der Waals surface area (Å²) in [6.45, 7) is 0. The number of carbonyl (C=O) groups excluding carboxylic acids is 2. The van der Waals surface area contributed by atoms with Gasteiger partial charge in [-0.25, -0.2) is 0 Å². The molecule has 3 atom stereocenters. The number of nitriles is 1. The van der Waals surface area contributed by atoms with Crippen molar-refractivity contribution in [2.24, 2.45) is 5.92 Å². The Morgan fingerprint density at radius 3 is 2.23 bits per heavy atom. The minimum Gasteiger partial charge on any atom is -1.00 e. The van der Waals surface area contributed by atoms with Gasteiger partial charge in [0.25, 0.3) is 11.6 Å². The molecule has 2 amide bonds. The number of nitrogens with one attached hydrogen (secondary N) is 1. The normalized spacial score (nSPS) is 21.9. The molecule has 1 aliphatic rings. The minimum absolute atomic E-state index is 0. The molecule has 2 aromatic rings. The smallest absolute Gasteiger partial charge is 0.296 e. The van der Waals surface area contributed by atoms with E-state index < -0.39 is 34.6 Å². The molecule has 1 aromatic heterocycles. The maximum absolute atomic E-state index is 12.5. The first-order valence-electron chi connectivity index (χ1n) is 7.47. The van der Waals surface area contributed by atoms with E-state index in [1.54, 1.807) is 35.2 Å². The number of non-ortho nitro benzene ring substituents is 1. The zero-order chi connectivity index (χ0) is 18.0. The average molecular weight is 373 g/mol. The SMILES string of the molecule is N#CC1C(=O)NC(=O)C([n+]2ccccc2)C1c1ccc([N+](=O)[O-])cc1.[Cl-]. The Balaban J connectivity index is 0.00000243. The lowest BCUT2D eigenvalue weighted by Crippen LogP contribution is -3.00. The summed E-state index contributed by atoms with van der Waals surface area (Å²) >= 11 is 0. The Kier molecular flexibility index (Phi) is 5.64. The molecule has 1 N–H and O–H groups in total. The molecule has 9 heteroatoms. The zero-order valence-electron chi connectivity index (χ0n) is 13.3. The van der Waals surface area contributed by atoms with Gasteiger partial charge in [0.1, 0.15) is 5.92 Å². The van der Waals surface area contributed by atoms with Gasteiger partial charge in [-0.3, -0.25) is 25.0 Å². The second kappa shape index (κ2) is 7.72. The summed E-state index contributed by atoms with van der Waals surface area (Å²) in [5, 5.41) is 22.5. The van der Waals surface area contributed by atoms with Crippen LogP contribution in [0.1, 0.15) is 17.5 Å². The van der Waals surface area contributed by atoms with Gasteiger partial charge >= 0.3 is 0 Å². The standard InChI is InChI=1S/C17H12N4O4.ClH/c18-10-13-14(11-4-6-12(7-5-11)21(24)25)15(17(23)19-16(13)22)20-8-2-1-3-9-20;/h1-9,13-15H;1H. The predicted octanol–water partition coefficient (Wildman–Crippen LogP) is -1.99. The van der Waals surface area contributed by atoms with E-state index in [-0.39, 0.29) is 18.1 Å². The van der Waals surface area contributed by atoms with E-state index in [0.717, 1.165) is 0 Å². The number of rotatable bonds is 3. The Hall–Kier alpha value is -3.31. The number of hydrogen-bond donors (Lipinski definition) is 1. The molecule has 0 radical (unpaired) electrons. The summed E-state index contributed by atoms with van der Waals surface area (Å²) in [5.74, 6) is -3.02. The van der Waals surface area contributed by atoms with E-state index in [1.165, 1.54) is 24.3 Å². The third-order valence-corrected chi connectivity index (χ3v) is 4.18. The monoisotopic (exact) mass is 372 g/mol. The summed E-state index contributed by atoms with van der Waals surface area (Å²) in [6.07, 6.45) is 3.35. The average Bonchev–Trinajstić information content (AvgIpc) is 2.62. The van der Waals surface area contributed by atoms with Crippen LogP contribution in [0.5, 0.6) is 0 Å². The number of carbonyl (C=O) groups is 2. The number of piperidine rings is 1. The largest absolute Gasteiger partial charge is 1.00 e. The highest BCUT2D eigenvalue weighted by molar-refractivity contribution is 6.02. The third-order valence-electron chi connectivity index (χ3n) is 4.18. The van der Waals surface area contributed by atoms with Crippen LogP contribution in [0.2, 0.25) is 0 Å². The lowest BCUT2D eigenvalue weighted by atomic mass is 9.77. The van der Waals surface area contributed by atoms with Crippen LogP contribution in [-0.4, -0.2) is 16.7 Å². The fraction of sp³-hybridized carbons (Fsp3) is 0.176. The van der Waals surface area contributed by atoms with Crippen LogP contribution < -0.4 is 22.3 Å².